The lowest BCUT2D eigenvalue weighted by atomic mass is 9.96. The summed E-state index contributed by atoms with van der Waals surface area (Å²) in [6, 6.07) is 97.3. The Morgan fingerprint density at radius 1 is 0.206 bits per heavy atom. The number of hydrogen-bond donors (Lipinski definition) is 0. The highest BCUT2D eigenvalue weighted by atomic mass is 15.0. The van der Waals surface area contributed by atoms with Crippen LogP contribution >= 0.6 is 0 Å². The van der Waals surface area contributed by atoms with E-state index in [0.29, 0.717) is 0 Å². The molecule has 2 nitrogen and oxygen atoms in total. The Morgan fingerprint density at radius 2 is 0.574 bits per heavy atom. The Bertz CT molecular complexity index is 3960. The van der Waals surface area contributed by atoms with Gasteiger partial charge in [-0.05, 0) is 122 Å². The molecule has 68 heavy (non-hydrogen) atoms. The molecule has 0 saturated carbocycles. The van der Waals surface area contributed by atoms with Gasteiger partial charge in [-0.3, -0.25) is 0 Å². The Kier molecular flexibility index (Phi) is 9.54. The Morgan fingerprint density at radius 3 is 1.12 bits per heavy atom. The number of aromatic nitrogens is 2. The van der Waals surface area contributed by atoms with Crippen LogP contribution in [0.1, 0.15) is 0 Å². The summed E-state index contributed by atoms with van der Waals surface area (Å²) in [5, 5.41) is 4.96. The zero-order chi connectivity index (χ0) is 45.0. The van der Waals surface area contributed by atoms with Crippen molar-refractivity contribution in [1.29, 1.82) is 0 Å². The number of nitrogens with zero attached hydrogens (tertiary/aromatic N) is 2. The molecule has 0 aliphatic carbocycles. The lowest BCUT2D eigenvalue weighted by molar-refractivity contribution is 1.18. The summed E-state index contributed by atoms with van der Waals surface area (Å²) < 4.78 is 4.87. The molecule has 318 valence electrons. The van der Waals surface area contributed by atoms with Gasteiger partial charge in [0, 0.05) is 32.8 Å². The fraction of sp³-hybridized carbons (Fsp3) is 0. The number of hydrogen-bond acceptors (Lipinski definition) is 0. The lowest BCUT2D eigenvalue weighted by Gasteiger charge is -2.14. The first-order valence-corrected chi connectivity index (χ1v) is 23.4. The second-order valence-corrected chi connectivity index (χ2v) is 17.7. The zero-order valence-corrected chi connectivity index (χ0v) is 37.3. The second-order valence-electron chi connectivity index (χ2n) is 17.7. The molecule has 0 bridgehead atoms. The van der Waals surface area contributed by atoms with Crippen molar-refractivity contribution in [3.63, 3.8) is 0 Å². The van der Waals surface area contributed by atoms with Crippen molar-refractivity contribution >= 4 is 43.6 Å². The topological polar surface area (TPSA) is 9.86 Å². The van der Waals surface area contributed by atoms with Crippen LogP contribution in [0.5, 0.6) is 0 Å². The highest BCUT2D eigenvalue weighted by molar-refractivity contribution is 6.17. The van der Waals surface area contributed by atoms with Crippen LogP contribution in [-0.2, 0) is 0 Å². The van der Waals surface area contributed by atoms with Crippen molar-refractivity contribution in [1.82, 2.24) is 9.13 Å². The smallest absolute Gasteiger partial charge is 0.0547 e. The average Bonchev–Trinajstić information content (AvgIpc) is 3.94. The van der Waals surface area contributed by atoms with Crippen molar-refractivity contribution in [2.24, 2.45) is 0 Å². The number of para-hydroxylation sites is 1. The monoisotopic (exact) mass is 864 g/mol. The maximum absolute atomic E-state index is 2.45. The van der Waals surface area contributed by atoms with E-state index in [2.05, 4.69) is 276 Å². The third-order valence-corrected chi connectivity index (χ3v) is 13.8. The largest absolute Gasteiger partial charge is 0.309 e. The fourth-order valence-electron chi connectivity index (χ4n) is 10.5. The van der Waals surface area contributed by atoms with Crippen molar-refractivity contribution in [3.05, 3.63) is 267 Å². The normalized spacial score (nSPS) is 11.5. The van der Waals surface area contributed by atoms with Gasteiger partial charge < -0.3 is 9.13 Å². The third kappa shape index (κ3) is 6.73. The summed E-state index contributed by atoms with van der Waals surface area (Å²) in [5.74, 6) is 0. The van der Waals surface area contributed by atoms with Gasteiger partial charge in [-0.1, -0.05) is 206 Å². The molecule has 0 aliphatic rings. The van der Waals surface area contributed by atoms with Gasteiger partial charge in [0.25, 0.3) is 0 Å². The van der Waals surface area contributed by atoms with Crippen molar-refractivity contribution in [2.75, 3.05) is 0 Å². The van der Waals surface area contributed by atoms with Crippen LogP contribution in [0.2, 0.25) is 0 Å². The number of fused-ring (bicyclic) bond motifs is 6. The quantitative estimate of drug-likeness (QED) is 0.144. The molecule has 0 fully saturated rings. The summed E-state index contributed by atoms with van der Waals surface area (Å²) in [6.07, 6.45) is 0. The zero-order valence-electron chi connectivity index (χ0n) is 37.3. The van der Waals surface area contributed by atoms with E-state index >= 15 is 0 Å². The highest BCUT2D eigenvalue weighted by Crippen LogP contribution is 2.42. The molecule has 2 heterocycles. The first kappa shape index (κ1) is 39.4. The Hall–Kier alpha value is -8.98. The fourth-order valence-corrected chi connectivity index (χ4v) is 10.5. The molecule has 0 unspecified atom stereocenters. The van der Waals surface area contributed by atoms with Crippen LogP contribution < -0.4 is 0 Å². The van der Waals surface area contributed by atoms with Gasteiger partial charge in [0.1, 0.15) is 0 Å². The number of rotatable bonds is 8. The summed E-state index contributed by atoms with van der Waals surface area (Å²) in [4.78, 5) is 0. The van der Waals surface area contributed by atoms with Gasteiger partial charge in [-0.2, -0.15) is 0 Å². The van der Waals surface area contributed by atoms with E-state index in [-0.39, 0.29) is 0 Å². The van der Waals surface area contributed by atoms with E-state index in [4.69, 9.17) is 0 Å². The molecule has 0 N–H and O–H groups in total. The van der Waals surface area contributed by atoms with Crippen LogP contribution in [-0.4, -0.2) is 9.13 Å². The highest BCUT2D eigenvalue weighted by Gasteiger charge is 2.20. The van der Waals surface area contributed by atoms with Crippen LogP contribution in [0, 0.1) is 0 Å². The van der Waals surface area contributed by atoms with Gasteiger partial charge in [0.2, 0.25) is 0 Å². The van der Waals surface area contributed by atoms with Gasteiger partial charge in [0.05, 0.1) is 27.8 Å². The van der Waals surface area contributed by atoms with E-state index in [1.165, 1.54) is 116 Å². The Labute approximate surface area is 395 Å². The van der Waals surface area contributed by atoms with E-state index < -0.39 is 0 Å². The predicted octanol–water partition coefficient (Wildman–Crippen LogP) is 17.9. The van der Waals surface area contributed by atoms with E-state index in [9.17, 15) is 0 Å². The molecule has 0 aliphatic heterocycles. The number of benzene rings is 11. The van der Waals surface area contributed by atoms with Crippen LogP contribution in [0.3, 0.4) is 0 Å². The Balaban J connectivity index is 0.924. The first-order chi connectivity index (χ1) is 33.7. The summed E-state index contributed by atoms with van der Waals surface area (Å²) >= 11 is 0. The SMILES string of the molecule is c1ccc(-c2ccc(-n3c4ccc(-c5ccc(-c6ccc7c(c6)c6cc(-c8ccccc8)ccc6n7-c6ccccc6-c6ccccc6)cc5)cc4c4c(-c5ccccc5)cccc43)cc2)cc1. The maximum Gasteiger partial charge on any atom is 0.0547 e. The minimum Gasteiger partial charge on any atom is -0.309 e. The predicted molar refractivity (Wildman–Crippen MR) is 288 cm³/mol. The molecule has 13 aromatic rings. The molecular weight excluding hydrogens is 821 g/mol. The van der Waals surface area contributed by atoms with Crippen LogP contribution in [0.15, 0.2) is 267 Å². The molecule has 0 saturated heterocycles. The summed E-state index contributed by atoms with van der Waals surface area (Å²) in [7, 11) is 0. The average molecular weight is 865 g/mol. The molecule has 11 aromatic carbocycles. The maximum atomic E-state index is 2.45. The van der Waals surface area contributed by atoms with Crippen LogP contribution in [0.25, 0.3) is 122 Å². The molecule has 0 radical (unpaired) electrons. The van der Waals surface area contributed by atoms with E-state index in [0.717, 1.165) is 5.69 Å². The van der Waals surface area contributed by atoms with Crippen molar-refractivity contribution < 1.29 is 0 Å². The summed E-state index contributed by atoms with van der Waals surface area (Å²) in [6.45, 7) is 0. The van der Waals surface area contributed by atoms with Crippen molar-refractivity contribution in [3.8, 4) is 78.1 Å². The minimum atomic E-state index is 1.14. The molecular formula is C66H44N2. The van der Waals surface area contributed by atoms with Gasteiger partial charge in [-0.25, -0.2) is 0 Å². The van der Waals surface area contributed by atoms with Gasteiger partial charge in [0.15, 0.2) is 0 Å². The van der Waals surface area contributed by atoms with Crippen molar-refractivity contribution in [2.45, 2.75) is 0 Å². The molecule has 13 rings (SSSR count). The molecule has 2 heteroatoms. The standard InChI is InChI=1S/C66H44N2/c1-5-16-45(17-6-1)47-32-37-55(38-33-47)67-64-41-36-54(44-60(64)66-57(25-15-27-65(66)67)51-22-11-4-12-23-51)49-30-28-48(29-31-49)53-35-40-63-59(43-53)58-42-52(46-18-7-2-8-19-46)34-39-62(58)68(63)61-26-14-13-24-56(61)50-20-9-3-10-21-50/h1-44H. The molecule has 2 aromatic heterocycles. The molecule has 0 spiro atoms. The molecule has 0 amide bonds. The van der Waals surface area contributed by atoms with E-state index in [1.54, 1.807) is 0 Å². The lowest BCUT2D eigenvalue weighted by Crippen LogP contribution is -1.97. The third-order valence-electron chi connectivity index (χ3n) is 13.8. The van der Waals surface area contributed by atoms with Crippen LogP contribution in [0.4, 0.5) is 0 Å². The van der Waals surface area contributed by atoms with Gasteiger partial charge in [-0.15, -0.1) is 0 Å². The van der Waals surface area contributed by atoms with E-state index in [1.807, 2.05) is 0 Å². The van der Waals surface area contributed by atoms with Gasteiger partial charge >= 0.3 is 0 Å². The molecule has 0 atom stereocenters. The minimum absolute atomic E-state index is 1.14. The first-order valence-electron chi connectivity index (χ1n) is 23.4. The second kappa shape index (κ2) is 16.5. The summed E-state index contributed by atoms with van der Waals surface area (Å²) in [5.41, 5.74) is 21.5.